The third-order valence-corrected chi connectivity index (χ3v) is 3.53. The van der Waals surface area contributed by atoms with Crippen LogP contribution in [0.15, 0.2) is 27.6 Å². The molecular formula is C11H11BrN6O. The molecule has 3 N–H and O–H groups in total. The van der Waals surface area contributed by atoms with Crippen LogP contribution in [-0.4, -0.2) is 25.0 Å². The Morgan fingerprint density at radius 3 is 2.79 bits per heavy atom. The van der Waals surface area contributed by atoms with E-state index in [4.69, 9.17) is 0 Å². The summed E-state index contributed by atoms with van der Waals surface area (Å²) in [6.45, 7) is 0.599. The molecule has 98 valence electrons. The molecule has 19 heavy (non-hydrogen) atoms. The number of anilines is 1. The van der Waals surface area contributed by atoms with E-state index in [1.807, 2.05) is 19.2 Å². The number of nitrogens with one attached hydrogen (secondary N) is 3. The SMILES string of the molecule is Cn1nncc1CNc1cc2[nH]c(=O)[nH]c2cc1Br. The Kier molecular flexibility index (Phi) is 2.86. The average molecular weight is 323 g/mol. The van der Waals surface area contributed by atoms with E-state index in [2.05, 4.69) is 41.5 Å². The van der Waals surface area contributed by atoms with Crippen LogP contribution in [0, 0.1) is 0 Å². The first-order valence-electron chi connectivity index (χ1n) is 5.62. The van der Waals surface area contributed by atoms with Gasteiger partial charge in [-0.1, -0.05) is 5.21 Å². The Bertz CT molecular complexity index is 786. The number of nitrogens with zero attached hydrogens (tertiary/aromatic N) is 3. The number of halogens is 1. The fourth-order valence-electron chi connectivity index (χ4n) is 1.85. The largest absolute Gasteiger partial charge is 0.378 e. The molecule has 0 aliphatic heterocycles. The summed E-state index contributed by atoms with van der Waals surface area (Å²) >= 11 is 3.47. The van der Waals surface area contributed by atoms with Crippen molar-refractivity contribution in [3.05, 3.63) is 39.0 Å². The van der Waals surface area contributed by atoms with Gasteiger partial charge in [0.25, 0.3) is 0 Å². The number of hydrogen-bond donors (Lipinski definition) is 3. The van der Waals surface area contributed by atoms with Crippen LogP contribution in [0.5, 0.6) is 0 Å². The van der Waals surface area contributed by atoms with Gasteiger partial charge in [0.05, 0.1) is 35.2 Å². The molecule has 0 spiro atoms. The van der Waals surface area contributed by atoms with E-state index < -0.39 is 0 Å². The van der Waals surface area contributed by atoms with Crippen molar-refractivity contribution in [3.63, 3.8) is 0 Å². The van der Waals surface area contributed by atoms with Crippen LogP contribution in [0.4, 0.5) is 5.69 Å². The third-order valence-electron chi connectivity index (χ3n) is 2.87. The van der Waals surface area contributed by atoms with Crippen LogP contribution in [0.2, 0.25) is 0 Å². The second-order valence-electron chi connectivity index (χ2n) is 4.16. The zero-order chi connectivity index (χ0) is 13.4. The molecule has 8 heteroatoms. The summed E-state index contributed by atoms with van der Waals surface area (Å²) in [5, 5.41) is 11.0. The van der Waals surface area contributed by atoms with E-state index in [9.17, 15) is 4.79 Å². The summed E-state index contributed by atoms with van der Waals surface area (Å²) in [5.41, 5.74) is 3.18. The Labute approximate surface area is 116 Å². The maximum Gasteiger partial charge on any atom is 0.323 e. The number of aromatic amines is 2. The Balaban J connectivity index is 1.90. The summed E-state index contributed by atoms with van der Waals surface area (Å²) in [7, 11) is 1.84. The number of fused-ring (bicyclic) bond motifs is 1. The lowest BCUT2D eigenvalue weighted by atomic mass is 10.2. The molecule has 0 radical (unpaired) electrons. The lowest BCUT2D eigenvalue weighted by molar-refractivity contribution is 0.683. The van der Waals surface area contributed by atoms with Crippen molar-refractivity contribution in [2.24, 2.45) is 7.05 Å². The third kappa shape index (κ3) is 2.26. The van der Waals surface area contributed by atoms with E-state index in [0.29, 0.717) is 6.54 Å². The topological polar surface area (TPSA) is 91.4 Å². The molecule has 0 bridgehead atoms. The van der Waals surface area contributed by atoms with E-state index in [0.717, 1.165) is 26.9 Å². The summed E-state index contributed by atoms with van der Waals surface area (Å²) in [6.07, 6.45) is 1.71. The second kappa shape index (κ2) is 4.54. The van der Waals surface area contributed by atoms with E-state index >= 15 is 0 Å². The van der Waals surface area contributed by atoms with Gasteiger partial charge in [-0.05, 0) is 28.1 Å². The molecule has 7 nitrogen and oxygen atoms in total. The van der Waals surface area contributed by atoms with Crippen LogP contribution < -0.4 is 11.0 Å². The molecule has 2 heterocycles. The summed E-state index contributed by atoms with van der Waals surface area (Å²) in [5.74, 6) is 0. The highest BCUT2D eigenvalue weighted by Gasteiger charge is 2.06. The lowest BCUT2D eigenvalue weighted by Crippen LogP contribution is -2.05. The van der Waals surface area contributed by atoms with Gasteiger partial charge in [0.2, 0.25) is 0 Å². The number of H-pyrrole nitrogens is 2. The fourth-order valence-corrected chi connectivity index (χ4v) is 2.33. The first kappa shape index (κ1) is 12.0. The average Bonchev–Trinajstić information content (AvgIpc) is 2.91. The first-order valence-corrected chi connectivity index (χ1v) is 6.42. The van der Waals surface area contributed by atoms with Crippen molar-refractivity contribution in [1.82, 2.24) is 25.0 Å². The minimum Gasteiger partial charge on any atom is -0.378 e. The number of rotatable bonds is 3. The molecule has 3 aromatic rings. The first-order chi connectivity index (χ1) is 9.13. The zero-order valence-electron chi connectivity index (χ0n) is 10.1. The van der Waals surface area contributed by atoms with Crippen molar-refractivity contribution < 1.29 is 0 Å². The van der Waals surface area contributed by atoms with E-state index in [-0.39, 0.29) is 5.69 Å². The molecule has 0 saturated heterocycles. The predicted molar refractivity (Wildman–Crippen MR) is 74.9 cm³/mol. The van der Waals surface area contributed by atoms with Gasteiger partial charge in [-0.2, -0.15) is 0 Å². The molecular weight excluding hydrogens is 312 g/mol. The maximum absolute atomic E-state index is 11.2. The summed E-state index contributed by atoms with van der Waals surface area (Å²) < 4.78 is 2.59. The highest BCUT2D eigenvalue weighted by molar-refractivity contribution is 9.10. The monoisotopic (exact) mass is 322 g/mol. The van der Waals surface area contributed by atoms with Gasteiger partial charge in [0.1, 0.15) is 0 Å². The van der Waals surface area contributed by atoms with Gasteiger partial charge < -0.3 is 15.3 Å². The van der Waals surface area contributed by atoms with Crippen molar-refractivity contribution in [2.45, 2.75) is 6.54 Å². The van der Waals surface area contributed by atoms with Gasteiger partial charge in [-0.25, -0.2) is 4.79 Å². The molecule has 0 aliphatic rings. The standard InChI is InChI=1S/C11H11BrN6O/c1-18-6(5-14-17-18)4-13-8-3-10-9(2-7(8)12)15-11(19)16-10/h2-3,5,13H,4H2,1H3,(H2,15,16,19). The van der Waals surface area contributed by atoms with Crippen LogP contribution in [0.1, 0.15) is 5.69 Å². The number of benzene rings is 1. The molecule has 0 aliphatic carbocycles. The van der Waals surface area contributed by atoms with Gasteiger partial charge in [-0.3, -0.25) is 4.68 Å². The quantitative estimate of drug-likeness (QED) is 0.679. The van der Waals surface area contributed by atoms with Crippen LogP contribution in [0.25, 0.3) is 11.0 Å². The van der Waals surface area contributed by atoms with Crippen LogP contribution >= 0.6 is 15.9 Å². The van der Waals surface area contributed by atoms with Gasteiger partial charge in [-0.15, -0.1) is 5.10 Å². The fraction of sp³-hybridized carbons (Fsp3) is 0.182. The molecule has 2 aromatic heterocycles. The lowest BCUT2D eigenvalue weighted by Gasteiger charge is -2.08. The summed E-state index contributed by atoms with van der Waals surface area (Å²) in [4.78, 5) is 16.7. The second-order valence-corrected chi connectivity index (χ2v) is 5.01. The Hall–Kier alpha value is -2.09. The van der Waals surface area contributed by atoms with Gasteiger partial charge in [0.15, 0.2) is 0 Å². The smallest absolute Gasteiger partial charge is 0.323 e. The molecule has 0 amide bonds. The molecule has 0 atom stereocenters. The van der Waals surface area contributed by atoms with E-state index in [1.54, 1.807) is 10.9 Å². The molecule has 0 fully saturated rings. The van der Waals surface area contributed by atoms with Crippen LogP contribution in [0.3, 0.4) is 0 Å². The van der Waals surface area contributed by atoms with E-state index in [1.165, 1.54) is 0 Å². The van der Waals surface area contributed by atoms with Gasteiger partial charge >= 0.3 is 5.69 Å². The maximum atomic E-state index is 11.2. The van der Waals surface area contributed by atoms with Crippen molar-refractivity contribution in [3.8, 4) is 0 Å². The van der Waals surface area contributed by atoms with Crippen molar-refractivity contribution in [2.75, 3.05) is 5.32 Å². The molecule has 0 unspecified atom stereocenters. The van der Waals surface area contributed by atoms with Crippen molar-refractivity contribution >= 4 is 32.7 Å². The van der Waals surface area contributed by atoms with Gasteiger partial charge in [0, 0.05) is 11.5 Å². The van der Waals surface area contributed by atoms with Crippen LogP contribution in [-0.2, 0) is 13.6 Å². The summed E-state index contributed by atoms with van der Waals surface area (Å²) in [6, 6.07) is 3.73. The zero-order valence-corrected chi connectivity index (χ0v) is 11.7. The number of aromatic nitrogens is 5. The minimum atomic E-state index is -0.213. The number of imidazole rings is 1. The number of aryl methyl sites for hydroxylation is 1. The number of hydrogen-bond acceptors (Lipinski definition) is 4. The Morgan fingerprint density at radius 1 is 1.37 bits per heavy atom. The highest BCUT2D eigenvalue weighted by atomic mass is 79.9. The molecule has 0 saturated carbocycles. The molecule has 1 aromatic carbocycles. The normalized spacial score (nSPS) is 11.1. The predicted octanol–water partition coefficient (Wildman–Crippen LogP) is 1.36. The van der Waals surface area contributed by atoms with Crippen molar-refractivity contribution in [1.29, 1.82) is 0 Å². The highest BCUT2D eigenvalue weighted by Crippen LogP contribution is 2.26. The molecule has 3 rings (SSSR count). The Morgan fingerprint density at radius 2 is 2.11 bits per heavy atom. The minimum absolute atomic E-state index is 0.213.